The minimum absolute atomic E-state index is 0.196. The minimum Gasteiger partial charge on any atom is -0.382 e. The Balaban J connectivity index is 2.80. The van der Waals surface area contributed by atoms with Gasteiger partial charge < -0.3 is 16.0 Å². The van der Waals surface area contributed by atoms with Crippen molar-refractivity contribution in [1.82, 2.24) is 10.3 Å². The number of nitrogen functional groups attached to an aromatic ring is 1. The van der Waals surface area contributed by atoms with Crippen LogP contribution in [0, 0.1) is 0 Å². The van der Waals surface area contributed by atoms with E-state index in [2.05, 4.69) is 16.9 Å². The minimum atomic E-state index is -0.196. The third kappa shape index (κ3) is 3.45. The van der Waals surface area contributed by atoms with E-state index in [9.17, 15) is 4.79 Å². The number of hydrogen-bond donors (Lipinski definition) is 2. The van der Waals surface area contributed by atoms with Gasteiger partial charge in [-0.25, -0.2) is 4.98 Å². The first-order valence-corrected chi connectivity index (χ1v) is 6.17. The lowest BCUT2D eigenvalue weighted by molar-refractivity contribution is 0.0961. The van der Waals surface area contributed by atoms with Crippen LogP contribution >= 0.6 is 11.3 Å². The Morgan fingerprint density at radius 1 is 1.65 bits per heavy atom. The van der Waals surface area contributed by atoms with Gasteiger partial charge in [-0.05, 0) is 13.8 Å². The number of thiazole rings is 1. The van der Waals surface area contributed by atoms with E-state index in [1.807, 2.05) is 25.8 Å². The van der Waals surface area contributed by atoms with E-state index < -0.39 is 0 Å². The quantitative estimate of drug-likeness (QED) is 0.781. The third-order valence-electron chi connectivity index (χ3n) is 2.20. The highest BCUT2D eigenvalue weighted by molar-refractivity contribution is 7.18. The van der Waals surface area contributed by atoms with Crippen LogP contribution < -0.4 is 16.0 Å². The van der Waals surface area contributed by atoms with Crippen LogP contribution in [-0.2, 0) is 0 Å². The fourth-order valence-electron chi connectivity index (χ4n) is 1.09. The highest BCUT2D eigenvalue weighted by atomic mass is 32.1. The Labute approximate surface area is 105 Å². The Bertz CT molecular complexity index is 427. The summed E-state index contributed by atoms with van der Waals surface area (Å²) in [6.45, 7) is 8.86. The van der Waals surface area contributed by atoms with E-state index in [1.54, 1.807) is 0 Å². The molecule has 3 N–H and O–H groups in total. The zero-order valence-electron chi connectivity index (χ0n) is 10.4. The summed E-state index contributed by atoms with van der Waals surface area (Å²) in [6, 6.07) is 0. The number of carbonyl (C=O) groups excluding carboxylic acids is 1. The molecule has 1 heterocycles. The van der Waals surface area contributed by atoms with E-state index in [-0.39, 0.29) is 11.7 Å². The molecule has 0 aliphatic heterocycles. The van der Waals surface area contributed by atoms with Crippen molar-refractivity contribution < 1.29 is 4.79 Å². The van der Waals surface area contributed by atoms with E-state index in [0.29, 0.717) is 11.4 Å². The molecule has 0 aliphatic rings. The summed E-state index contributed by atoms with van der Waals surface area (Å²) in [6.07, 6.45) is 0. The molecule has 0 radical (unpaired) electrons. The molecule has 0 bridgehead atoms. The Hall–Kier alpha value is -1.56. The van der Waals surface area contributed by atoms with Gasteiger partial charge in [0.15, 0.2) is 5.13 Å². The number of anilines is 2. The van der Waals surface area contributed by atoms with Crippen LogP contribution in [-0.4, -0.2) is 31.0 Å². The maximum absolute atomic E-state index is 11.8. The first-order chi connectivity index (χ1) is 7.95. The summed E-state index contributed by atoms with van der Waals surface area (Å²) in [5.41, 5.74) is 6.63. The third-order valence-corrected chi connectivity index (χ3v) is 3.38. The number of amides is 1. The molecule has 5 nitrogen and oxygen atoms in total. The number of rotatable bonds is 5. The van der Waals surface area contributed by atoms with Gasteiger partial charge in [0.05, 0.1) is 0 Å². The van der Waals surface area contributed by atoms with Crippen molar-refractivity contribution in [1.29, 1.82) is 0 Å². The second-order valence-corrected chi connectivity index (χ2v) is 4.84. The van der Waals surface area contributed by atoms with Crippen LogP contribution in [0.1, 0.15) is 23.5 Å². The van der Waals surface area contributed by atoms with E-state index in [4.69, 9.17) is 5.73 Å². The van der Waals surface area contributed by atoms with Gasteiger partial charge in [0.25, 0.3) is 5.91 Å². The molecular formula is C11H18N4OS. The lowest BCUT2D eigenvalue weighted by Gasteiger charge is -2.10. The molecular weight excluding hydrogens is 236 g/mol. The average Bonchev–Trinajstić information content (AvgIpc) is 2.67. The van der Waals surface area contributed by atoms with Crippen molar-refractivity contribution in [3.63, 3.8) is 0 Å². The van der Waals surface area contributed by atoms with Crippen molar-refractivity contribution in [2.45, 2.75) is 13.8 Å². The molecule has 94 valence electrons. The van der Waals surface area contributed by atoms with E-state index in [0.717, 1.165) is 17.2 Å². The fourth-order valence-corrected chi connectivity index (χ4v) is 2.02. The van der Waals surface area contributed by atoms with Crippen molar-refractivity contribution in [3.8, 4) is 0 Å². The molecule has 0 saturated heterocycles. The predicted octanol–water partition coefficient (Wildman–Crippen LogP) is 1.49. The summed E-state index contributed by atoms with van der Waals surface area (Å²) in [5, 5.41) is 3.50. The standard InChI is InChI=1S/C11H18N4OS/c1-5-15(4)11-14-9(12)8(17-11)10(16)13-6-7(2)3/h2,5-6,12H2,1,3-4H3,(H,13,16). The molecule has 1 aromatic heterocycles. The molecule has 6 heteroatoms. The van der Waals surface area contributed by atoms with Crippen molar-refractivity contribution >= 4 is 28.2 Å². The van der Waals surface area contributed by atoms with E-state index >= 15 is 0 Å². The fraction of sp³-hybridized carbons (Fsp3) is 0.455. The summed E-state index contributed by atoms with van der Waals surface area (Å²) < 4.78 is 0. The predicted molar refractivity (Wildman–Crippen MR) is 72.6 cm³/mol. The van der Waals surface area contributed by atoms with Crippen LogP contribution in [0.25, 0.3) is 0 Å². The van der Waals surface area contributed by atoms with Crippen LogP contribution in [0.3, 0.4) is 0 Å². The molecule has 0 fully saturated rings. The first-order valence-electron chi connectivity index (χ1n) is 5.35. The zero-order chi connectivity index (χ0) is 13.0. The summed E-state index contributed by atoms with van der Waals surface area (Å²) in [5.74, 6) is 0.0864. The zero-order valence-corrected chi connectivity index (χ0v) is 11.2. The van der Waals surface area contributed by atoms with Gasteiger partial charge in [0, 0.05) is 20.1 Å². The lowest BCUT2D eigenvalue weighted by Crippen LogP contribution is -2.24. The second kappa shape index (κ2) is 5.67. The van der Waals surface area contributed by atoms with Crippen LogP contribution in [0.15, 0.2) is 12.2 Å². The van der Waals surface area contributed by atoms with Gasteiger partial charge >= 0.3 is 0 Å². The molecule has 1 amide bonds. The molecule has 0 aliphatic carbocycles. The Morgan fingerprint density at radius 2 is 2.29 bits per heavy atom. The van der Waals surface area contributed by atoms with E-state index in [1.165, 1.54) is 11.3 Å². The van der Waals surface area contributed by atoms with Crippen LogP contribution in [0.5, 0.6) is 0 Å². The Kier molecular flexibility index (Phi) is 4.51. The normalized spacial score (nSPS) is 10.1. The smallest absolute Gasteiger partial charge is 0.265 e. The highest BCUT2D eigenvalue weighted by Gasteiger charge is 2.17. The first kappa shape index (κ1) is 13.5. The maximum Gasteiger partial charge on any atom is 0.265 e. The van der Waals surface area contributed by atoms with Crippen molar-refractivity contribution in [2.75, 3.05) is 30.8 Å². The summed E-state index contributed by atoms with van der Waals surface area (Å²) in [4.78, 5) is 18.4. The maximum atomic E-state index is 11.8. The van der Waals surface area contributed by atoms with Gasteiger partial charge in [-0.3, -0.25) is 4.79 Å². The van der Waals surface area contributed by atoms with Crippen LogP contribution in [0.2, 0.25) is 0 Å². The summed E-state index contributed by atoms with van der Waals surface area (Å²) >= 11 is 1.30. The monoisotopic (exact) mass is 254 g/mol. The molecule has 0 aromatic carbocycles. The van der Waals surface area contributed by atoms with Gasteiger partial charge in [-0.15, -0.1) is 0 Å². The van der Waals surface area contributed by atoms with Gasteiger partial charge in [0.2, 0.25) is 0 Å². The lowest BCUT2D eigenvalue weighted by atomic mass is 10.3. The molecule has 0 spiro atoms. The highest BCUT2D eigenvalue weighted by Crippen LogP contribution is 2.27. The SMILES string of the molecule is C=C(C)CNC(=O)c1sc(N(C)CC)nc1N. The van der Waals surface area contributed by atoms with Gasteiger partial charge in [0.1, 0.15) is 10.7 Å². The average molecular weight is 254 g/mol. The molecule has 17 heavy (non-hydrogen) atoms. The molecule has 1 rings (SSSR count). The number of aromatic nitrogens is 1. The molecule has 0 saturated carbocycles. The molecule has 1 aromatic rings. The summed E-state index contributed by atoms with van der Waals surface area (Å²) in [7, 11) is 1.91. The Morgan fingerprint density at radius 3 is 2.82 bits per heavy atom. The number of nitrogens with one attached hydrogen (secondary N) is 1. The van der Waals surface area contributed by atoms with Crippen molar-refractivity contribution in [2.24, 2.45) is 0 Å². The van der Waals surface area contributed by atoms with Crippen molar-refractivity contribution in [3.05, 3.63) is 17.0 Å². The second-order valence-electron chi connectivity index (χ2n) is 3.86. The number of nitrogens with zero attached hydrogens (tertiary/aromatic N) is 2. The van der Waals surface area contributed by atoms with Gasteiger partial charge in [-0.1, -0.05) is 23.5 Å². The number of nitrogens with two attached hydrogens (primary N) is 1. The van der Waals surface area contributed by atoms with Gasteiger partial charge in [-0.2, -0.15) is 0 Å². The molecule has 0 atom stereocenters. The number of hydrogen-bond acceptors (Lipinski definition) is 5. The molecule has 0 unspecified atom stereocenters. The largest absolute Gasteiger partial charge is 0.382 e. The topological polar surface area (TPSA) is 71.2 Å². The van der Waals surface area contributed by atoms with Crippen LogP contribution in [0.4, 0.5) is 10.9 Å². The number of carbonyl (C=O) groups is 1.